The van der Waals surface area contributed by atoms with Crippen molar-refractivity contribution in [3.8, 4) is 0 Å². The third kappa shape index (κ3) is 5.30. The number of pyridine rings is 1. The molecule has 28 heavy (non-hydrogen) atoms. The minimum atomic E-state index is -0.125. The lowest BCUT2D eigenvalue weighted by atomic mass is 10.0. The molecule has 2 aromatic rings. The Bertz CT molecular complexity index is 766. The predicted molar refractivity (Wildman–Crippen MR) is 113 cm³/mol. The fourth-order valence-electron chi connectivity index (χ4n) is 3.43. The summed E-state index contributed by atoms with van der Waals surface area (Å²) < 4.78 is 5.37. The number of para-hydroxylation sites is 1. The van der Waals surface area contributed by atoms with E-state index in [-0.39, 0.29) is 5.91 Å². The Morgan fingerprint density at radius 3 is 2.54 bits per heavy atom. The molecular formula is C22H30N4O2. The summed E-state index contributed by atoms with van der Waals surface area (Å²) in [7, 11) is 0. The summed E-state index contributed by atoms with van der Waals surface area (Å²) in [6.07, 6.45) is 5.13. The number of hydrogen-bond acceptors (Lipinski definition) is 5. The Morgan fingerprint density at radius 2 is 1.86 bits per heavy atom. The van der Waals surface area contributed by atoms with Gasteiger partial charge in [-0.05, 0) is 30.0 Å². The summed E-state index contributed by atoms with van der Waals surface area (Å²) in [5, 5.41) is 6.47. The van der Waals surface area contributed by atoms with Crippen molar-refractivity contribution in [3.05, 3.63) is 53.3 Å². The van der Waals surface area contributed by atoms with Crippen molar-refractivity contribution in [3.63, 3.8) is 0 Å². The molecule has 0 spiro atoms. The first kappa shape index (κ1) is 20.3. The number of rotatable bonds is 8. The number of aryl methyl sites for hydroxylation is 2. The summed E-state index contributed by atoms with van der Waals surface area (Å²) in [6, 6.07) is 8.04. The predicted octanol–water partition coefficient (Wildman–Crippen LogP) is 3.20. The zero-order valence-corrected chi connectivity index (χ0v) is 16.8. The normalized spacial score (nSPS) is 14.6. The Labute approximate surface area is 167 Å². The highest BCUT2D eigenvalue weighted by Crippen LogP contribution is 2.23. The van der Waals surface area contributed by atoms with Crippen LogP contribution >= 0.6 is 0 Å². The summed E-state index contributed by atoms with van der Waals surface area (Å²) in [6.45, 7) is 9.51. The Balaban J connectivity index is 1.62. The number of aromatic nitrogens is 1. The monoisotopic (exact) mass is 382 g/mol. The standard InChI is InChI=1S/C22H30N4O2/c1-3-17-6-5-7-18(4-2)21(17)25-22(27)19-14-20(16-23-15-19)24-8-9-26-10-12-28-13-11-26/h5-7,14-16,24H,3-4,8-13H2,1-2H3,(H,25,27). The van der Waals surface area contributed by atoms with E-state index in [2.05, 4.69) is 46.5 Å². The third-order valence-electron chi connectivity index (χ3n) is 5.10. The second-order valence-corrected chi connectivity index (χ2v) is 6.96. The van der Waals surface area contributed by atoms with Crippen LogP contribution in [-0.4, -0.2) is 55.2 Å². The second-order valence-electron chi connectivity index (χ2n) is 6.96. The van der Waals surface area contributed by atoms with Gasteiger partial charge in [-0.3, -0.25) is 14.7 Å². The number of nitrogens with zero attached hydrogens (tertiary/aromatic N) is 2. The van der Waals surface area contributed by atoms with Gasteiger partial charge in [0.15, 0.2) is 0 Å². The molecule has 1 aliphatic heterocycles. The van der Waals surface area contributed by atoms with Crippen LogP contribution in [0.4, 0.5) is 11.4 Å². The highest BCUT2D eigenvalue weighted by atomic mass is 16.5. The SMILES string of the molecule is CCc1cccc(CC)c1NC(=O)c1cncc(NCCN2CCOCC2)c1. The maximum atomic E-state index is 12.8. The van der Waals surface area contributed by atoms with Gasteiger partial charge in [-0.15, -0.1) is 0 Å². The largest absolute Gasteiger partial charge is 0.382 e. The molecule has 1 aromatic carbocycles. The van der Waals surface area contributed by atoms with Gasteiger partial charge < -0.3 is 15.4 Å². The summed E-state index contributed by atoms with van der Waals surface area (Å²) in [5.74, 6) is -0.125. The lowest BCUT2D eigenvalue weighted by Crippen LogP contribution is -2.39. The molecule has 2 N–H and O–H groups in total. The molecule has 150 valence electrons. The van der Waals surface area contributed by atoms with Crippen LogP contribution in [0.2, 0.25) is 0 Å². The van der Waals surface area contributed by atoms with Crippen LogP contribution in [0.25, 0.3) is 0 Å². The lowest BCUT2D eigenvalue weighted by molar-refractivity contribution is 0.0398. The number of carbonyl (C=O) groups is 1. The fraction of sp³-hybridized carbons (Fsp3) is 0.455. The fourth-order valence-corrected chi connectivity index (χ4v) is 3.43. The van der Waals surface area contributed by atoms with Gasteiger partial charge in [0, 0.05) is 44.3 Å². The van der Waals surface area contributed by atoms with E-state index in [4.69, 9.17) is 4.74 Å². The van der Waals surface area contributed by atoms with Crippen LogP contribution < -0.4 is 10.6 Å². The molecule has 0 aliphatic carbocycles. The molecule has 1 fully saturated rings. The molecule has 0 unspecified atom stereocenters. The van der Waals surface area contributed by atoms with E-state index in [0.29, 0.717) is 5.56 Å². The van der Waals surface area contributed by atoms with Gasteiger partial charge in [0.25, 0.3) is 5.91 Å². The second kappa shape index (κ2) is 10.2. The maximum Gasteiger partial charge on any atom is 0.257 e. The van der Waals surface area contributed by atoms with Crippen molar-refractivity contribution in [1.29, 1.82) is 0 Å². The van der Waals surface area contributed by atoms with Crippen LogP contribution in [0, 0.1) is 0 Å². The summed E-state index contributed by atoms with van der Waals surface area (Å²) in [5.41, 5.74) is 4.66. The van der Waals surface area contributed by atoms with Crippen LogP contribution in [0.1, 0.15) is 35.3 Å². The maximum absolute atomic E-state index is 12.8. The van der Waals surface area contributed by atoms with Crippen molar-refractivity contribution < 1.29 is 9.53 Å². The minimum Gasteiger partial charge on any atom is -0.382 e. The molecule has 6 heteroatoms. The van der Waals surface area contributed by atoms with Gasteiger partial charge in [-0.25, -0.2) is 0 Å². The number of amides is 1. The zero-order valence-electron chi connectivity index (χ0n) is 16.8. The molecule has 0 bridgehead atoms. The number of benzene rings is 1. The molecule has 1 saturated heterocycles. The molecule has 2 heterocycles. The van der Waals surface area contributed by atoms with Crippen molar-refractivity contribution in [1.82, 2.24) is 9.88 Å². The molecule has 1 aromatic heterocycles. The quantitative estimate of drug-likeness (QED) is 0.734. The Hall–Kier alpha value is -2.44. The summed E-state index contributed by atoms with van der Waals surface area (Å²) in [4.78, 5) is 19.4. The van der Waals surface area contributed by atoms with Crippen LogP contribution in [0.3, 0.4) is 0 Å². The van der Waals surface area contributed by atoms with E-state index in [1.165, 1.54) is 0 Å². The van der Waals surface area contributed by atoms with Gasteiger partial charge in [-0.1, -0.05) is 32.0 Å². The van der Waals surface area contributed by atoms with Crippen molar-refractivity contribution in [2.45, 2.75) is 26.7 Å². The zero-order chi connectivity index (χ0) is 19.8. The molecule has 3 rings (SSSR count). The topological polar surface area (TPSA) is 66.5 Å². The highest BCUT2D eigenvalue weighted by molar-refractivity contribution is 6.05. The first-order chi connectivity index (χ1) is 13.7. The van der Waals surface area contributed by atoms with E-state index in [1.54, 1.807) is 12.4 Å². The van der Waals surface area contributed by atoms with Crippen molar-refractivity contribution in [2.75, 3.05) is 50.0 Å². The van der Waals surface area contributed by atoms with E-state index in [0.717, 1.165) is 74.7 Å². The average molecular weight is 383 g/mol. The highest BCUT2D eigenvalue weighted by Gasteiger charge is 2.13. The summed E-state index contributed by atoms with van der Waals surface area (Å²) >= 11 is 0. The van der Waals surface area contributed by atoms with Gasteiger partial charge in [0.05, 0.1) is 24.5 Å². The molecular weight excluding hydrogens is 352 g/mol. The number of hydrogen-bond donors (Lipinski definition) is 2. The number of anilines is 2. The first-order valence-electron chi connectivity index (χ1n) is 10.1. The smallest absolute Gasteiger partial charge is 0.257 e. The Morgan fingerprint density at radius 1 is 1.14 bits per heavy atom. The van der Waals surface area contributed by atoms with Gasteiger partial charge in [0.1, 0.15) is 0 Å². The van der Waals surface area contributed by atoms with Gasteiger partial charge in [-0.2, -0.15) is 0 Å². The number of ether oxygens (including phenoxy) is 1. The molecule has 0 saturated carbocycles. The lowest BCUT2D eigenvalue weighted by Gasteiger charge is -2.26. The molecule has 1 amide bonds. The van der Waals surface area contributed by atoms with E-state index in [1.807, 2.05) is 12.1 Å². The number of morpholine rings is 1. The minimum absolute atomic E-state index is 0.125. The molecule has 0 atom stereocenters. The third-order valence-corrected chi connectivity index (χ3v) is 5.10. The van der Waals surface area contributed by atoms with Crippen molar-refractivity contribution in [2.24, 2.45) is 0 Å². The van der Waals surface area contributed by atoms with E-state index >= 15 is 0 Å². The average Bonchev–Trinajstić information content (AvgIpc) is 2.75. The first-order valence-corrected chi connectivity index (χ1v) is 10.1. The number of nitrogens with one attached hydrogen (secondary N) is 2. The molecule has 1 aliphatic rings. The van der Waals surface area contributed by atoms with Crippen LogP contribution in [0.15, 0.2) is 36.7 Å². The van der Waals surface area contributed by atoms with Crippen LogP contribution in [0.5, 0.6) is 0 Å². The Kier molecular flexibility index (Phi) is 7.39. The van der Waals surface area contributed by atoms with E-state index < -0.39 is 0 Å². The van der Waals surface area contributed by atoms with E-state index in [9.17, 15) is 4.79 Å². The number of carbonyl (C=O) groups excluding carboxylic acids is 1. The van der Waals surface area contributed by atoms with Gasteiger partial charge >= 0.3 is 0 Å². The molecule has 0 radical (unpaired) electrons. The van der Waals surface area contributed by atoms with Gasteiger partial charge in [0.2, 0.25) is 0 Å². The van der Waals surface area contributed by atoms with Crippen molar-refractivity contribution >= 4 is 17.3 Å². The molecule has 6 nitrogen and oxygen atoms in total. The van der Waals surface area contributed by atoms with Crippen LogP contribution in [-0.2, 0) is 17.6 Å².